The molecule has 0 aliphatic carbocycles. The van der Waals surface area contributed by atoms with Crippen LogP contribution < -0.4 is 10.1 Å². The highest BCUT2D eigenvalue weighted by atomic mass is 35.5. The first-order valence-electron chi connectivity index (χ1n) is 8.35. The van der Waals surface area contributed by atoms with Gasteiger partial charge in [0, 0.05) is 23.8 Å². The van der Waals surface area contributed by atoms with Crippen LogP contribution in [0.1, 0.15) is 17.2 Å². The summed E-state index contributed by atoms with van der Waals surface area (Å²) in [7, 11) is 3.21. The Bertz CT molecular complexity index is 902. The van der Waals surface area contributed by atoms with Gasteiger partial charge in [0.05, 0.1) is 13.2 Å². The van der Waals surface area contributed by atoms with Crippen LogP contribution in [0, 0.1) is 0 Å². The number of methoxy groups -OCH3 is 1. The molecule has 1 atom stereocenters. The summed E-state index contributed by atoms with van der Waals surface area (Å²) in [6, 6.07) is 13.6. The van der Waals surface area contributed by atoms with Gasteiger partial charge in [0.25, 0.3) is 0 Å². The number of ketones is 1. The zero-order valence-electron chi connectivity index (χ0n) is 15.0. The maximum Gasteiger partial charge on any atom is 0.321 e. The lowest BCUT2D eigenvalue weighted by molar-refractivity contribution is -0.111. The van der Waals surface area contributed by atoms with E-state index in [0.29, 0.717) is 10.6 Å². The zero-order chi connectivity index (χ0) is 19.4. The number of halogens is 1. The number of carbonyl (C=O) groups is 2. The van der Waals surface area contributed by atoms with E-state index in [4.69, 9.17) is 16.3 Å². The van der Waals surface area contributed by atoms with E-state index >= 15 is 0 Å². The fourth-order valence-electron chi connectivity index (χ4n) is 2.75. The minimum atomic E-state index is -0.529. The second kappa shape index (κ2) is 8.10. The molecule has 0 radical (unpaired) electrons. The van der Waals surface area contributed by atoms with E-state index in [0.717, 1.165) is 16.9 Å². The number of urea groups is 1. The third kappa shape index (κ3) is 4.38. The molecule has 2 aromatic carbocycles. The average Bonchev–Trinajstić information content (AvgIpc) is 2.69. The molecule has 0 aromatic heterocycles. The lowest BCUT2D eigenvalue weighted by atomic mass is 9.94. The van der Waals surface area contributed by atoms with Crippen LogP contribution in [-0.4, -0.2) is 30.9 Å². The highest BCUT2D eigenvalue weighted by Crippen LogP contribution is 2.28. The molecule has 0 saturated heterocycles. The van der Waals surface area contributed by atoms with Gasteiger partial charge < -0.3 is 15.0 Å². The number of nitrogens with zero attached hydrogens (tertiary/aromatic N) is 1. The molecular weight excluding hydrogens is 364 g/mol. The number of nitrogens with one attached hydrogen (secondary N) is 1. The first kappa shape index (κ1) is 18.7. The van der Waals surface area contributed by atoms with Crippen LogP contribution in [0.15, 0.2) is 66.4 Å². The third-order valence-electron chi connectivity index (χ3n) is 4.26. The summed E-state index contributed by atoms with van der Waals surface area (Å²) in [5.41, 5.74) is 2.14. The van der Waals surface area contributed by atoms with Crippen LogP contribution in [0.4, 0.5) is 4.79 Å². The van der Waals surface area contributed by atoms with Crippen LogP contribution in [0.5, 0.6) is 5.75 Å². The van der Waals surface area contributed by atoms with E-state index in [1.165, 1.54) is 11.0 Å². The summed E-state index contributed by atoms with van der Waals surface area (Å²) in [6.45, 7) is 0. The summed E-state index contributed by atoms with van der Waals surface area (Å²) in [6.07, 6.45) is 4.80. The van der Waals surface area contributed by atoms with Crippen LogP contribution in [-0.2, 0) is 4.79 Å². The predicted molar refractivity (Wildman–Crippen MR) is 106 cm³/mol. The van der Waals surface area contributed by atoms with E-state index in [9.17, 15) is 9.59 Å². The molecule has 1 aliphatic rings. The molecule has 3 rings (SSSR count). The van der Waals surface area contributed by atoms with Crippen molar-refractivity contribution in [2.24, 2.45) is 0 Å². The van der Waals surface area contributed by atoms with Gasteiger partial charge in [-0.15, -0.1) is 0 Å². The van der Waals surface area contributed by atoms with Crippen molar-refractivity contribution >= 4 is 29.5 Å². The van der Waals surface area contributed by atoms with Crippen LogP contribution >= 0.6 is 11.6 Å². The molecule has 2 amide bonds. The van der Waals surface area contributed by atoms with E-state index < -0.39 is 6.04 Å². The number of hydrogen-bond acceptors (Lipinski definition) is 3. The lowest BCUT2D eigenvalue weighted by Crippen LogP contribution is -2.43. The molecule has 1 N–H and O–H groups in total. The quantitative estimate of drug-likeness (QED) is 0.788. The monoisotopic (exact) mass is 382 g/mol. The smallest absolute Gasteiger partial charge is 0.321 e. The van der Waals surface area contributed by atoms with Gasteiger partial charge in [0.15, 0.2) is 5.78 Å². The van der Waals surface area contributed by atoms with Gasteiger partial charge >= 0.3 is 6.03 Å². The molecule has 1 unspecified atom stereocenters. The van der Waals surface area contributed by atoms with Crippen molar-refractivity contribution in [2.75, 3.05) is 14.2 Å². The highest BCUT2D eigenvalue weighted by Gasteiger charge is 2.29. The molecule has 138 valence electrons. The van der Waals surface area contributed by atoms with Crippen LogP contribution in [0.2, 0.25) is 5.02 Å². The molecule has 0 spiro atoms. The SMILES string of the molecule is COc1ccc(C=CC(=O)C2=CN(C)C(=O)NC2c2ccc(Cl)cc2)cc1. The third-order valence-corrected chi connectivity index (χ3v) is 4.51. The number of rotatable bonds is 5. The summed E-state index contributed by atoms with van der Waals surface area (Å²) < 4.78 is 5.13. The highest BCUT2D eigenvalue weighted by molar-refractivity contribution is 6.30. The van der Waals surface area contributed by atoms with Gasteiger partial charge in [-0.2, -0.15) is 0 Å². The van der Waals surface area contributed by atoms with Crippen molar-refractivity contribution < 1.29 is 14.3 Å². The summed E-state index contributed by atoms with van der Waals surface area (Å²) in [5, 5.41) is 3.44. The Morgan fingerprint density at radius 3 is 2.44 bits per heavy atom. The second-order valence-corrected chi connectivity index (χ2v) is 6.54. The molecule has 27 heavy (non-hydrogen) atoms. The first-order valence-corrected chi connectivity index (χ1v) is 8.72. The number of ether oxygens (including phenoxy) is 1. The van der Waals surface area contributed by atoms with Crippen molar-refractivity contribution in [3.63, 3.8) is 0 Å². The predicted octanol–water partition coefficient (Wildman–Crippen LogP) is 4.21. The normalized spacial score (nSPS) is 16.9. The van der Waals surface area contributed by atoms with Gasteiger partial charge in [0.2, 0.25) is 0 Å². The van der Waals surface area contributed by atoms with Crippen LogP contribution in [0.25, 0.3) is 6.08 Å². The van der Waals surface area contributed by atoms with Crippen molar-refractivity contribution in [2.45, 2.75) is 6.04 Å². The summed E-state index contributed by atoms with van der Waals surface area (Å²) >= 11 is 5.94. The summed E-state index contributed by atoms with van der Waals surface area (Å²) in [4.78, 5) is 26.2. The minimum Gasteiger partial charge on any atom is -0.497 e. The molecule has 0 saturated carbocycles. The van der Waals surface area contributed by atoms with E-state index in [2.05, 4.69) is 5.32 Å². The van der Waals surface area contributed by atoms with Crippen molar-refractivity contribution in [3.8, 4) is 5.75 Å². The van der Waals surface area contributed by atoms with Gasteiger partial charge in [-0.3, -0.25) is 4.79 Å². The fraction of sp³-hybridized carbons (Fsp3) is 0.143. The molecule has 5 nitrogen and oxygen atoms in total. The molecule has 0 bridgehead atoms. The molecular formula is C21H19ClN2O3. The number of allylic oxidation sites excluding steroid dienone is 1. The topological polar surface area (TPSA) is 58.6 Å². The number of carbonyl (C=O) groups excluding carboxylic acids is 2. The fourth-order valence-corrected chi connectivity index (χ4v) is 2.88. The summed E-state index contributed by atoms with van der Waals surface area (Å²) in [5.74, 6) is 0.568. The van der Waals surface area contributed by atoms with Gasteiger partial charge in [-0.05, 0) is 41.5 Å². The number of benzene rings is 2. The van der Waals surface area contributed by atoms with Crippen molar-refractivity contribution in [3.05, 3.63) is 82.5 Å². The molecule has 1 heterocycles. The Balaban J connectivity index is 1.86. The lowest BCUT2D eigenvalue weighted by Gasteiger charge is -2.29. The number of amides is 2. The van der Waals surface area contributed by atoms with E-state index in [1.54, 1.807) is 50.7 Å². The van der Waals surface area contributed by atoms with E-state index in [1.807, 2.05) is 24.3 Å². The number of hydrogen-bond donors (Lipinski definition) is 1. The van der Waals surface area contributed by atoms with Crippen molar-refractivity contribution in [1.82, 2.24) is 10.2 Å². The average molecular weight is 383 g/mol. The zero-order valence-corrected chi connectivity index (χ0v) is 15.7. The Labute approximate surface area is 162 Å². The van der Waals surface area contributed by atoms with Gasteiger partial charge in [-0.25, -0.2) is 4.79 Å². The Morgan fingerprint density at radius 2 is 1.81 bits per heavy atom. The van der Waals surface area contributed by atoms with Gasteiger partial charge in [0.1, 0.15) is 5.75 Å². The largest absolute Gasteiger partial charge is 0.497 e. The van der Waals surface area contributed by atoms with Crippen molar-refractivity contribution in [1.29, 1.82) is 0 Å². The Morgan fingerprint density at radius 1 is 1.15 bits per heavy atom. The molecule has 6 heteroatoms. The van der Waals surface area contributed by atoms with Crippen LogP contribution in [0.3, 0.4) is 0 Å². The second-order valence-electron chi connectivity index (χ2n) is 6.10. The van der Waals surface area contributed by atoms with Gasteiger partial charge in [-0.1, -0.05) is 41.9 Å². The first-order chi connectivity index (χ1) is 13.0. The Kier molecular flexibility index (Phi) is 5.62. The maximum absolute atomic E-state index is 12.8. The standard InChI is InChI=1S/C21H19ClN2O3/c1-24-13-18(19(25)12-5-14-3-10-17(27-2)11-4-14)20(23-21(24)26)15-6-8-16(22)9-7-15/h3-13,20H,1-2H3,(H,23,26). The molecule has 1 aliphatic heterocycles. The molecule has 2 aromatic rings. The minimum absolute atomic E-state index is 0.183. The Hall–Kier alpha value is -3.05. The maximum atomic E-state index is 12.8. The molecule has 0 fully saturated rings. The van der Waals surface area contributed by atoms with E-state index in [-0.39, 0.29) is 11.8 Å².